The van der Waals surface area contributed by atoms with Crippen molar-refractivity contribution in [3.63, 3.8) is 0 Å². The predicted octanol–water partition coefficient (Wildman–Crippen LogP) is 3.84. The molecule has 0 unspecified atom stereocenters. The molecule has 7 nitrogen and oxygen atoms in total. The summed E-state index contributed by atoms with van der Waals surface area (Å²) in [5.41, 5.74) is -0.160. The molecule has 0 aliphatic carbocycles. The first-order valence-electron chi connectivity index (χ1n) is 11.4. The van der Waals surface area contributed by atoms with Crippen molar-refractivity contribution in [2.75, 3.05) is 6.54 Å². The lowest BCUT2D eigenvalue weighted by molar-refractivity contribution is -0.189. The molecule has 1 fully saturated rings. The molecule has 1 aromatic rings. The maximum atomic E-state index is 13.2. The monoisotopic (exact) mass is 473 g/mol. The van der Waals surface area contributed by atoms with Gasteiger partial charge in [0.1, 0.15) is 18.8 Å². The van der Waals surface area contributed by atoms with Crippen LogP contribution in [0.3, 0.4) is 0 Å². The first-order valence-corrected chi connectivity index (χ1v) is 14.3. The third-order valence-corrected chi connectivity index (χ3v) is 11.6. The number of nitrogens with zero attached hydrogens (tertiary/aromatic N) is 1. The summed E-state index contributed by atoms with van der Waals surface area (Å²) in [6, 6.07) is 8.84. The van der Waals surface area contributed by atoms with Gasteiger partial charge < -0.3 is 18.8 Å². The second-order valence-corrected chi connectivity index (χ2v) is 15.4. The molecule has 0 bridgehead atoms. The highest BCUT2D eigenvalue weighted by Crippen LogP contribution is 2.44. The second kappa shape index (κ2) is 9.06. The molecular weight excluding hydrogens is 438 g/mol. The predicted molar refractivity (Wildman–Crippen MR) is 127 cm³/mol. The molecule has 1 aromatic carbocycles. The maximum Gasteiger partial charge on any atom is 0.331 e. The fraction of sp³-hybridized carbons (Fsp3) is 0.560. The van der Waals surface area contributed by atoms with Crippen molar-refractivity contribution >= 4 is 26.2 Å². The molecule has 0 radical (unpaired) electrons. The number of carbonyl (C=O) groups is 3. The van der Waals surface area contributed by atoms with Gasteiger partial charge in [-0.2, -0.15) is 0 Å². The Morgan fingerprint density at radius 2 is 1.85 bits per heavy atom. The van der Waals surface area contributed by atoms with Gasteiger partial charge in [-0.1, -0.05) is 51.1 Å². The Kier molecular flexibility index (Phi) is 6.91. The van der Waals surface area contributed by atoms with Gasteiger partial charge in [-0.25, -0.2) is 4.79 Å². The molecule has 4 atom stereocenters. The summed E-state index contributed by atoms with van der Waals surface area (Å²) in [5, 5.41) is -0.0197. The SMILES string of the molecule is C[C@@H](O[Si](C)(C)C(C)(C)C)[C@H]1C(=O)N(CC(=O)OCc2ccccc2)[C@@H]1[C@]1(C)C=CC(=O)O1. The molecule has 2 aliphatic rings. The van der Waals surface area contributed by atoms with E-state index in [4.69, 9.17) is 13.9 Å². The third kappa shape index (κ3) is 5.22. The van der Waals surface area contributed by atoms with Crippen LogP contribution in [0.4, 0.5) is 0 Å². The van der Waals surface area contributed by atoms with E-state index in [1.165, 1.54) is 11.0 Å². The molecule has 0 spiro atoms. The number of amides is 1. The van der Waals surface area contributed by atoms with E-state index < -0.39 is 37.8 Å². The number of likely N-dealkylation sites (tertiary alicyclic amines) is 1. The zero-order valence-corrected chi connectivity index (χ0v) is 21.6. The highest BCUT2D eigenvalue weighted by molar-refractivity contribution is 6.74. The van der Waals surface area contributed by atoms with E-state index in [0.717, 1.165) is 5.56 Å². The fourth-order valence-corrected chi connectivity index (χ4v) is 5.62. The zero-order valence-electron chi connectivity index (χ0n) is 20.6. The minimum Gasteiger partial charge on any atom is -0.459 e. The molecule has 1 saturated heterocycles. The molecule has 0 saturated carbocycles. The van der Waals surface area contributed by atoms with E-state index in [9.17, 15) is 14.4 Å². The van der Waals surface area contributed by atoms with Crippen LogP contribution >= 0.6 is 0 Å². The standard InChI is InChI=1S/C25H35NO6Si/c1-17(32-33(6,7)24(2,3)4)21-22(25(5)14-13-19(27)31-25)26(23(21)29)15-20(28)30-16-18-11-9-8-10-12-18/h8-14,17,21-22H,15-16H2,1-7H3/t17-,21-,22+,25+/m1/s1. The average molecular weight is 474 g/mol. The van der Waals surface area contributed by atoms with Gasteiger partial charge in [-0.15, -0.1) is 0 Å². The number of ether oxygens (including phenoxy) is 2. The molecule has 0 aromatic heterocycles. The van der Waals surface area contributed by atoms with Crippen LogP contribution in [0, 0.1) is 5.92 Å². The van der Waals surface area contributed by atoms with Crippen molar-refractivity contribution in [1.29, 1.82) is 0 Å². The smallest absolute Gasteiger partial charge is 0.331 e. The van der Waals surface area contributed by atoms with Gasteiger partial charge in [0.25, 0.3) is 0 Å². The number of rotatable bonds is 8. The number of cyclic esters (lactones) is 1. The summed E-state index contributed by atoms with van der Waals surface area (Å²) in [5.74, 6) is -1.69. The van der Waals surface area contributed by atoms with E-state index in [0.29, 0.717) is 0 Å². The van der Waals surface area contributed by atoms with Gasteiger partial charge in [0, 0.05) is 6.08 Å². The average Bonchev–Trinajstić information content (AvgIpc) is 3.06. The second-order valence-electron chi connectivity index (χ2n) is 10.6. The number of hydrogen-bond acceptors (Lipinski definition) is 6. The Morgan fingerprint density at radius 1 is 1.21 bits per heavy atom. The Balaban J connectivity index is 1.75. The first-order chi connectivity index (χ1) is 15.2. The van der Waals surface area contributed by atoms with Gasteiger partial charge in [0.05, 0.1) is 18.1 Å². The van der Waals surface area contributed by atoms with Crippen molar-refractivity contribution in [3.05, 3.63) is 48.0 Å². The van der Waals surface area contributed by atoms with Crippen LogP contribution in [0.25, 0.3) is 0 Å². The minimum atomic E-state index is -2.14. The van der Waals surface area contributed by atoms with Crippen molar-refractivity contribution < 1.29 is 28.3 Å². The van der Waals surface area contributed by atoms with E-state index in [2.05, 4.69) is 33.9 Å². The largest absolute Gasteiger partial charge is 0.459 e. The van der Waals surface area contributed by atoms with Crippen LogP contribution in [-0.4, -0.2) is 55.4 Å². The van der Waals surface area contributed by atoms with Crippen LogP contribution in [0.2, 0.25) is 18.1 Å². The summed E-state index contributed by atoms with van der Waals surface area (Å²) in [6.07, 6.45) is 2.65. The topological polar surface area (TPSA) is 82.1 Å². The number of β-lactam (4-membered cyclic amide) rings is 1. The highest BCUT2D eigenvalue weighted by atomic mass is 28.4. The van der Waals surface area contributed by atoms with Crippen molar-refractivity contribution in [1.82, 2.24) is 4.90 Å². The Morgan fingerprint density at radius 3 is 2.39 bits per heavy atom. The molecule has 3 rings (SSSR count). The lowest BCUT2D eigenvalue weighted by Crippen LogP contribution is -2.73. The Hall–Kier alpha value is -2.45. The third-order valence-electron chi connectivity index (χ3n) is 7.04. The van der Waals surface area contributed by atoms with Crippen molar-refractivity contribution in [2.45, 2.75) is 77.1 Å². The number of hydrogen-bond donors (Lipinski definition) is 0. The summed E-state index contributed by atoms with van der Waals surface area (Å²) in [4.78, 5) is 39.1. The van der Waals surface area contributed by atoms with Crippen LogP contribution in [0.1, 0.15) is 40.2 Å². The molecule has 0 N–H and O–H groups in total. The number of esters is 2. The van der Waals surface area contributed by atoms with E-state index in [1.54, 1.807) is 13.0 Å². The van der Waals surface area contributed by atoms with Gasteiger partial charge in [0.2, 0.25) is 5.91 Å². The summed E-state index contributed by atoms with van der Waals surface area (Å²) in [6.45, 7) is 14.3. The molecule has 2 heterocycles. The van der Waals surface area contributed by atoms with Gasteiger partial charge >= 0.3 is 11.9 Å². The fourth-order valence-electron chi connectivity index (χ4n) is 4.19. The van der Waals surface area contributed by atoms with E-state index in [1.807, 2.05) is 37.3 Å². The first kappa shape index (κ1) is 25.2. The molecule has 2 aliphatic heterocycles. The lowest BCUT2D eigenvalue weighted by Gasteiger charge is -2.55. The quantitative estimate of drug-likeness (QED) is 0.324. The lowest BCUT2D eigenvalue weighted by atomic mass is 9.74. The molecule has 1 amide bonds. The Labute approximate surface area is 197 Å². The summed E-state index contributed by atoms with van der Waals surface area (Å²) >= 11 is 0. The summed E-state index contributed by atoms with van der Waals surface area (Å²) < 4.78 is 17.5. The zero-order chi connectivity index (χ0) is 24.6. The summed E-state index contributed by atoms with van der Waals surface area (Å²) in [7, 11) is -2.14. The normalized spacial score (nSPS) is 26.1. The minimum absolute atomic E-state index is 0.0197. The van der Waals surface area contributed by atoms with Crippen molar-refractivity contribution in [3.8, 4) is 0 Å². The van der Waals surface area contributed by atoms with Crippen molar-refractivity contribution in [2.24, 2.45) is 5.92 Å². The number of benzene rings is 1. The van der Waals surface area contributed by atoms with Gasteiger partial charge in [-0.05, 0) is 43.6 Å². The molecular formula is C25H35NO6Si. The van der Waals surface area contributed by atoms with Crippen LogP contribution in [0.5, 0.6) is 0 Å². The van der Waals surface area contributed by atoms with Gasteiger partial charge in [-0.3, -0.25) is 9.59 Å². The van der Waals surface area contributed by atoms with Crippen LogP contribution < -0.4 is 0 Å². The van der Waals surface area contributed by atoms with Gasteiger partial charge in [0.15, 0.2) is 8.32 Å². The highest BCUT2D eigenvalue weighted by Gasteiger charge is 2.61. The van der Waals surface area contributed by atoms with Crippen LogP contribution in [0.15, 0.2) is 42.5 Å². The molecule has 8 heteroatoms. The number of carbonyl (C=O) groups excluding carboxylic acids is 3. The van der Waals surface area contributed by atoms with E-state index in [-0.39, 0.29) is 30.2 Å². The maximum absolute atomic E-state index is 13.2. The molecule has 33 heavy (non-hydrogen) atoms. The van der Waals surface area contributed by atoms with Crippen LogP contribution in [-0.2, 0) is 34.9 Å². The molecule has 180 valence electrons. The van der Waals surface area contributed by atoms with E-state index >= 15 is 0 Å². The Bertz CT molecular complexity index is 938.